The van der Waals surface area contributed by atoms with E-state index in [1.807, 2.05) is 61.5 Å². The SMILES string of the molecule is CN(C)c1ccccc1CNC(=O)/C(C#N)=C/c1c[nH]c2ncccc12. The number of amides is 1. The van der Waals surface area contributed by atoms with E-state index in [1.165, 1.54) is 0 Å². The summed E-state index contributed by atoms with van der Waals surface area (Å²) in [6.07, 6.45) is 5.00. The van der Waals surface area contributed by atoms with E-state index in [0.29, 0.717) is 6.54 Å². The molecule has 1 amide bonds. The Labute approximate surface area is 151 Å². The first-order valence-corrected chi connectivity index (χ1v) is 8.17. The Morgan fingerprint density at radius 2 is 2.12 bits per heavy atom. The minimum absolute atomic E-state index is 0.0529. The van der Waals surface area contributed by atoms with Crippen LogP contribution in [0, 0.1) is 11.3 Å². The highest BCUT2D eigenvalue weighted by atomic mass is 16.1. The molecule has 0 unspecified atom stereocenters. The zero-order valence-corrected chi connectivity index (χ0v) is 14.7. The largest absolute Gasteiger partial charge is 0.377 e. The van der Waals surface area contributed by atoms with Gasteiger partial charge in [0.05, 0.1) is 0 Å². The molecule has 6 nitrogen and oxygen atoms in total. The molecule has 3 aromatic rings. The van der Waals surface area contributed by atoms with Gasteiger partial charge in [-0.05, 0) is 29.8 Å². The molecule has 0 saturated carbocycles. The van der Waals surface area contributed by atoms with Gasteiger partial charge in [-0.15, -0.1) is 0 Å². The highest BCUT2D eigenvalue weighted by molar-refractivity contribution is 6.03. The van der Waals surface area contributed by atoms with Crippen molar-refractivity contribution in [2.75, 3.05) is 19.0 Å². The third-order valence-electron chi connectivity index (χ3n) is 4.06. The third-order valence-corrected chi connectivity index (χ3v) is 4.06. The minimum atomic E-state index is -0.403. The summed E-state index contributed by atoms with van der Waals surface area (Å²) in [5.41, 5.74) is 3.54. The molecule has 0 fully saturated rings. The van der Waals surface area contributed by atoms with Crippen molar-refractivity contribution in [2.45, 2.75) is 6.54 Å². The van der Waals surface area contributed by atoms with Crippen molar-refractivity contribution >= 4 is 28.7 Å². The Bertz CT molecular complexity index is 1010. The van der Waals surface area contributed by atoms with Crippen molar-refractivity contribution in [3.05, 3.63) is 65.5 Å². The van der Waals surface area contributed by atoms with Crippen LogP contribution in [0.2, 0.25) is 0 Å². The fourth-order valence-corrected chi connectivity index (χ4v) is 2.77. The van der Waals surface area contributed by atoms with E-state index in [0.717, 1.165) is 27.8 Å². The lowest BCUT2D eigenvalue weighted by atomic mass is 10.1. The number of H-pyrrole nitrogens is 1. The van der Waals surface area contributed by atoms with Crippen molar-refractivity contribution in [2.24, 2.45) is 0 Å². The normalized spacial score (nSPS) is 11.2. The molecule has 0 aliphatic carbocycles. The Hall–Kier alpha value is -3.59. The topological polar surface area (TPSA) is 84.8 Å². The maximum Gasteiger partial charge on any atom is 0.262 e. The van der Waals surface area contributed by atoms with Crippen LogP contribution in [-0.4, -0.2) is 30.0 Å². The summed E-state index contributed by atoms with van der Waals surface area (Å²) in [7, 11) is 3.90. The molecule has 2 aromatic heterocycles. The first-order valence-electron chi connectivity index (χ1n) is 8.17. The van der Waals surface area contributed by atoms with Crippen molar-refractivity contribution in [1.82, 2.24) is 15.3 Å². The molecule has 1 aromatic carbocycles. The third kappa shape index (κ3) is 3.57. The van der Waals surface area contributed by atoms with Gasteiger partial charge in [-0.1, -0.05) is 18.2 Å². The summed E-state index contributed by atoms with van der Waals surface area (Å²) >= 11 is 0. The van der Waals surface area contributed by atoms with Gasteiger partial charge in [0.25, 0.3) is 5.91 Å². The Balaban J connectivity index is 1.79. The molecule has 0 radical (unpaired) electrons. The number of benzene rings is 1. The zero-order chi connectivity index (χ0) is 18.5. The van der Waals surface area contributed by atoms with Gasteiger partial charge in [-0.25, -0.2) is 4.98 Å². The quantitative estimate of drug-likeness (QED) is 0.550. The highest BCUT2D eigenvalue weighted by Crippen LogP contribution is 2.20. The van der Waals surface area contributed by atoms with E-state index in [-0.39, 0.29) is 5.57 Å². The highest BCUT2D eigenvalue weighted by Gasteiger charge is 2.12. The van der Waals surface area contributed by atoms with Crippen molar-refractivity contribution in [1.29, 1.82) is 5.26 Å². The van der Waals surface area contributed by atoms with Crippen molar-refractivity contribution in [3.63, 3.8) is 0 Å². The molecular formula is C20H19N5O. The molecule has 0 atom stereocenters. The Kier molecular flexibility index (Phi) is 4.99. The maximum atomic E-state index is 12.4. The summed E-state index contributed by atoms with van der Waals surface area (Å²) in [5, 5.41) is 13.1. The number of hydrogen-bond donors (Lipinski definition) is 2. The summed E-state index contributed by atoms with van der Waals surface area (Å²) in [6.45, 7) is 0.349. The molecule has 0 spiro atoms. The van der Waals surface area contributed by atoms with Gasteiger partial charge in [0.1, 0.15) is 17.3 Å². The molecule has 26 heavy (non-hydrogen) atoms. The summed E-state index contributed by atoms with van der Waals surface area (Å²) in [6, 6.07) is 13.5. The standard InChI is InChI=1S/C20H19N5O/c1-25(2)18-8-4-3-6-14(18)12-24-20(26)15(11-21)10-16-13-23-19-17(16)7-5-9-22-19/h3-10,13H,12H2,1-2H3,(H,22,23)(H,24,26)/b15-10+. The van der Waals surface area contributed by atoms with E-state index in [4.69, 9.17) is 0 Å². The number of nitriles is 1. The Morgan fingerprint density at radius 3 is 2.88 bits per heavy atom. The van der Waals surface area contributed by atoms with E-state index in [2.05, 4.69) is 15.3 Å². The lowest BCUT2D eigenvalue weighted by molar-refractivity contribution is -0.117. The predicted octanol–water partition coefficient (Wildman–Crippen LogP) is 2.85. The van der Waals surface area contributed by atoms with E-state index >= 15 is 0 Å². The number of carbonyl (C=O) groups excluding carboxylic acids is 1. The lowest BCUT2D eigenvalue weighted by Gasteiger charge is -2.17. The van der Waals surface area contributed by atoms with Crippen LogP contribution in [0.15, 0.2) is 54.4 Å². The van der Waals surface area contributed by atoms with Gasteiger partial charge in [0, 0.05) is 49.7 Å². The first kappa shape index (κ1) is 17.2. The molecule has 130 valence electrons. The smallest absolute Gasteiger partial charge is 0.262 e. The average molecular weight is 345 g/mol. The van der Waals surface area contributed by atoms with E-state index in [9.17, 15) is 10.1 Å². The van der Waals surface area contributed by atoms with Crippen LogP contribution in [-0.2, 0) is 11.3 Å². The number of aromatic nitrogens is 2. The molecule has 3 rings (SSSR count). The number of hydrogen-bond acceptors (Lipinski definition) is 4. The number of nitrogens with one attached hydrogen (secondary N) is 2. The van der Waals surface area contributed by atoms with Crippen LogP contribution in [0.3, 0.4) is 0 Å². The van der Waals surface area contributed by atoms with Gasteiger partial charge in [0.15, 0.2) is 0 Å². The lowest BCUT2D eigenvalue weighted by Crippen LogP contribution is -2.25. The van der Waals surface area contributed by atoms with Crippen molar-refractivity contribution in [3.8, 4) is 6.07 Å². The molecular weight excluding hydrogens is 326 g/mol. The molecule has 6 heteroatoms. The molecule has 2 N–H and O–H groups in total. The molecule has 0 aliphatic rings. The monoisotopic (exact) mass is 345 g/mol. The first-order chi connectivity index (χ1) is 12.6. The van der Waals surface area contributed by atoms with Gasteiger partial charge < -0.3 is 15.2 Å². The fraction of sp³-hybridized carbons (Fsp3) is 0.150. The van der Waals surface area contributed by atoms with E-state index in [1.54, 1.807) is 18.5 Å². The molecule has 0 saturated heterocycles. The maximum absolute atomic E-state index is 12.4. The number of carbonyl (C=O) groups is 1. The van der Waals surface area contributed by atoms with Crippen LogP contribution in [0.4, 0.5) is 5.69 Å². The summed E-state index contributed by atoms with van der Waals surface area (Å²) in [4.78, 5) is 21.7. The zero-order valence-electron chi connectivity index (χ0n) is 14.7. The second-order valence-corrected chi connectivity index (χ2v) is 6.02. The second-order valence-electron chi connectivity index (χ2n) is 6.02. The van der Waals surface area contributed by atoms with Gasteiger partial charge >= 0.3 is 0 Å². The van der Waals surface area contributed by atoms with Gasteiger partial charge in [-0.3, -0.25) is 4.79 Å². The van der Waals surface area contributed by atoms with Crippen LogP contribution in [0.1, 0.15) is 11.1 Å². The van der Waals surface area contributed by atoms with Gasteiger partial charge in [0.2, 0.25) is 0 Å². The number of aromatic amines is 1. The fourth-order valence-electron chi connectivity index (χ4n) is 2.77. The number of fused-ring (bicyclic) bond motifs is 1. The average Bonchev–Trinajstić information content (AvgIpc) is 3.07. The second kappa shape index (κ2) is 7.53. The Morgan fingerprint density at radius 1 is 1.31 bits per heavy atom. The van der Waals surface area contributed by atoms with Crippen LogP contribution < -0.4 is 10.2 Å². The summed E-state index contributed by atoms with van der Waals surface area (Å²) < 4.78 is 0. The van der Waals surface area contributed by atoms with Crippen LogP contribution in [0.25, 0.3) is 17.1 Å². The van der Waals surface area contributed by atoms with Crippen molar-refractivity contribution < 1.29 is 4.79 Å². The number of pyridine rings is 1. The molecule has 0 bridgehead atoms. The van der Waals surface area contributed by atoms with Gasteiger partial charge in [-0.2, -0.15) is 5.26 Å². The number of para-hydroxylation sites is 1. The van der Waals surface area contributed by atoms with Crippen LogP contribution in [0.5, 0.6) is 0 Å². The minimum Gasteiger partial charge on any atom is -0.377 e. The molecule has 2 heterocycles. The summed E-state index contributed by atoms with van der Waals surface area (Å²) in [5.74, 6) is -0.403. The number of rotatable bonds is 5. The predicted molar refractivity (Wildman–Crippen MR) is 102 cm³/mol. The number of anilines is 1. The number of nitrogens with zero attached hydrogens (tertiary/aromatic N) is 3. The molecule has 0 aliphatic heterocycles. The van der Waals surface area contributed by atoms with E-state index < -0.39 is 5.91 Å². The van der Waals surface area contributed by atoms with Crippen LogP contribution >= 0.6 is 0 Å².